The van der Waals surface area contributed by atoms with Crippen LogP contribution in [0.1, 0.15) is 17.1 Å². The van der Waals surface area contributed by atoms with E-state index >= 15 is 0 Å². The van der Waals surface area contributed by atoms with E-state index in [1.807, 2.05) is 47.8 Å². The average Bonchev–Trinajstić information content (AvgIpc) is 3.16. The number of para-hydroxylation sites is 1. The lowest BCUT2D eigenvalue weighted by Crippen LogP contribution is -2.27. The van der Waals surface area contributed by atoms with Gasteiger partial charge in [0.1, 0.15) is 23.1 Å². The summed E-state index contributed by atoms with van der Waals surface area (Å²) in [7, 11) is 0. The molecule has 0 saturated heterocycles. The summed E-state index contributed by atoms with van der Waals surface area (Å²) in [6.45, 7) is 1.33. The van der Waals surface area contributed by atoms with Crippen molar-refractivity contribution in [1.29, 1.82) is 0 Å². The zero-order valence-electron chi connectivity index (χ0n) is 14.8. The van der Waals surface area contributed by atoms with Crippen molar-refractivity contribution < 1.29 is 14.3 Å². The second-order valence-electron chi connectivity index (χ2n) is 5.72. The van der Waals surface area contributed by atoms with Gasteiger partial charge in [0.15, 0.2) is 0 Å². The molecular weight excluding hydrogens is 362 g/mol. The van der Waals surface area contributed by atoms with Gasteiger partial charge in [-0.2, -0.15) is 0 Å². The fraction of sp³-hybridized carbons (Fsp3) is 0.250. The Bertz CT molecular complexity index is 825. The van der Waals surface area contributed by atoms with Gasteiger partial charge in [-0.15, -0.1) is 11.3 Å². The summed E-state index contributed by atoms with van der Waals surface area (Å²) < 4.78 is 11.1. The summed E-state index contributed by atoms with van der Waals surface area (Å²) in [5.41, 5.74) is 0.950. The van der Waals surface area contributed by atoms with E-state index in [1.54, 1.807) is 23.7 Å². The fourth-order valence-electron chi connectivity index (χ4n) is 2.30. The van der Waals surface area contributed by atoms with Crippen LogP contribution in [0.25, 0.3) is 0 Å². The number of aromatic nitrogens is 2. The van der Waals surface area contributed by atoms with Crippen molar-refractivity contribution >= 4 is 17.2 Å². The van der Waals surface area contributed by atoms with Crippen LogP contribution < -0.4 is 14.8 Å². The molecule has 2 aromatic heterocycles. The molecule has 0 atom stereocenters. The third-order valence-corrected chi connectivity index (χ3v) is 4.51. The fourth-order valence-corrected chi connectivity index (χ4v) is 3.04. The Balaban J connectivity index is 1.31. The maximum absolute atomic E-state index is 11.9. The number of benzene rings is 1. The molecule has 0 aliphatic rings. The van der Waals surface area contributed by atoms with E-state index in [9.17, 15) is 4.79 Å². The molecule has 2 heterocycles. The second-order valence-corrected chi connectivity index (χ2v) is 6.66. The lowest BCUT2D eigenvalue weighted by atomic mass is 10.3. The summed E-state index contributed by atoms with van der Waals surface area (Å²) >= 11 is 1.55. The van der Waals surface area contributed by atoms with E-state index in [-0.39, 0.29) is 5.91 Å². The number of nitrogens with one attached hydrogen (secondary N) is 1. The molecule has 6 nitrogen and oxygen atoms in total. The van der Waals surface area contributed by atoms with Gasteiger partial charge < -0.3 is 14.8 Å². The maximum Gasteiger partial charge on any atom is 0.223 e. The van der Waals surface area contributed by atoms with E-state index in [1.165, 1.54) is 0 Å². The number of ether oxygens (including phenoxy) is 2. The first kappa shape index (κ1) is 18.8. The van der Waals surface area contributed by atoms with Crippen LogP contribution in [0.2, 0.25) is 0 Å². The van der Waals surface area contributed by atoms with Crippen LogP contribution >= 0.6 is 11.3 Å². The molecule has 1 aromatic carbocycles. The zero-order chi connectivity index (χ0) is 18.7. The number of amides is 1. The van der Waals surface area contributed by atoms with E-state index in [0.717, 1.165) is 22.2 Å². The molecule has 27 heavy (non-hydrogen) atoms. The van der Waals surface area contributed by atoms with Gasteiger partial charge in [-0.1, -0.05) is 18.2 Å². The first-order chi connectivity index (χ1) is 13.3. The molecule has 0 radical (unpaired) electrons. The van der Waals surface area contributed by atoms with Crippen molar-refractivity contribution in [2.24, 2.45) is 0 Å². The SMILES string of the molecule is O=C(CCOc1ccccc1)NCCc1csc(COc2cccnc2)n1. The Labute approximate surface area is 162 Å². The Kier molecular flexibility index (Phi) is 7.17. The Morgan fingerprint density at radius 3 is 2.74 bits per heavy atom. The number of carbonyl (C=O) groups excluding carboxylic acids is 1. The number of nitrogens with zero attached hydrogens (tertiary/aromatic N) is 2. The number of hydrogen-bond donors (Lipinski definition) is 1. The normalized spacial score (nSPS) is 10.4. The van der Waals surface area contributed by atoms with Crippen molar-refractivity contribution in [3.05, 3.63) is 70.9 Å². The number of pyridine rings is 1. The lowest BCUT2D eigenvalue weighted by Gasteiger charge is -2.06. The molecular formula is C20H21N3O3S. The van der Waals surface area contributed by atoms with Crippen molar-refractivity contribution in [3.8, 4) is 11.5 Å². The minimum absolute atomic E-state index is 0.0266. The van der Waals surface area contributed by atoms with Crippen molar-refractivity contribution in [2.75, 3.05) is 13.2 Å². The number of hydrogen-bond acceptors (Lipinski definition) is 6. The van der Waals surface area contributed by atoms with Crippen LogP contribution in [0.5, 0.6) is 11.5 Å². The number of thiazole rings is 1. The third kappa shape index (κ3) is 6.71. The number of rotatable bonds is 10. The summed E-state index contributed by atoms with van der Waals surface area (Å²) in [5.74, 6) is 1.47. The molecule has 7 heteroatoms. The second kappa shape index (κ2) is 10.3. The van der Waals surface area contributed by atoms with Gasteiger partial charge in [-0.3, -0.25) is 9.78 Å². The monoisotopic (exact) mass is 383 g/mol. The summed E-state index contributed by atoms with van der Waals surface area (Å²) in [6, 6.07) is 13.2. The minimum Gasteiger partial charge on any atom is -0.493 e. The lowest BCUT2D eigenvalue weighted by molar-refractivity contribution is -0.121. The van der Waals surface area contributed by atoms with Gasteiger partial charge in [0.2, 0.25) is 5.91 Å². The van der Waals surface area contributed by atoms with Crippen LogP contribution in [-0.4, -0.2) is 29.0 Å². The van der Waals surface area contributed by atoms with Crippen LogP contribution in [0.4, 0.5) is 0 Å². The maximum atomic E-state index is 11.9. The Hall–Kier alpha value is -2.93. The molecule has 0 fully saturated rings. The van der Waals surface area contributed by atoms with Gasteiger partial charge in [0, 0.05) is 24.5 Å². The van der Waals surface area contributed by atoms with E-state index in [0.29, 0.717) is 32.6 Å². The van der Waals surface area contributed by atoms with Gasteiger partial charge in [-0.25, -0.2) is 4.98 Å². The molecule has 0 aliphatic heterocycles. The van der Waals surface area contributed by atoms with Crippen molar-refractivity contribution in [3.63, 3.8) is 0 Å². The molecule has 1 N–H and O–H groups in total. The Morgan fingerprint density at radius 2 is 1.93 bits per heavy atom. The van der Waals surface area contributed by atoms with Crippen LogP contribution in [0.3, 0.4) is 0 Å². The highest BCUT2D eigenvalue weighted by atomic mass is 32.1. The quantitative estimate of drug-likeness (QED) is 0.582. The average molecular weight is 383 g/mol. The summed E-state index contributed by atoms with van der Waals surface area (Å²) in [6.07, 6.45) is 4.40. The predicted molar refractivity (Wildman–Crippen MR) is 104 cm³/mol. The van der Waals surface area contributed by atoms with E-state index in [4.69, 9.17) is 9.47 Å². The molecule has 3 rings (SSSR count). The summed E-state index contributed by atoms with van der Waals surface area (Å²) in [5, 5.41) is 5.78. The smallest absolute Gasteiger partial charge is 0.223 e. The first-order valence-electron chi connectivity index (χ1n) is 8.70. The Morgan fingerprint density at radius 1 is 1.07 bits per heavy atom. The zero-order valence-corrected chi connectivity index (χ0v) is 15.7. The van der Waals surface area contributed by atoms with E-state index < -0.39 is 0 Å². The van der Waals surface area contributed by atoms with Gasteiger partial charge in [0.05, 0.1) is 24.9 Å². The van der Waals surface area contributed by atoms with E-state index in [2.05, 4.69) is 15.3 Å². The molecule has 0 bridgehead atoms. The van der Waals surface area contributed by atoms with Gasteiger partial charge >= 0.3 is 0 Å². The minimum atomic E-state index is -0.0266. The molecule has 0 unspecified atom stereocenters. The highest BCUT2D eigenvalue weighted by Crippen LogP contribution is 2.14. The largest absolute Gasteiger partial charge is 0.493 e. The third-order valence-electron chi connectivity index (χ3n) is 3.64. The van der Waals surface area contributed by atoms with Crippen LogP contribution in [0.15, 0.2) is 60.2 Å². The molecule has 1 amide bonds. The molecule has 140 valence electrons. The highest BCUT2D eigenvalue weighted by molar-refractivity contribution is 7.09. The molecule has 0 saturated carbocycles. The van der Waals surface area contributed by atoms with Crippen molar-refractivity contribution in [2.45, 2.75) is 19.4 Å². The van der Waals surface area contributed by atoms with Gasteiger partial charge in [-0.05, 0) is 24.3 Å². The van der Waals surface area contributed by atoms with Crippen LogP contribution in [-0.2, 0) is 17.8 Å². The van der Waals surface area contributed by atoms with Gasteiger partial charge in [0.25, 0.3) is 0 Å². The molecule has 0 aliphatic carbocycles. The predicted octanol–water partition coefficient (Wildman–Crippen LogP) is 3.24. The highest BCUT2D eigenvalue weighted by Gasteiger charge is 2.05. The first-order valence-corrected chi connectivity index (χ1v) is 9.58. The number of carbonyl (C=O) groups is 1. The topological polar surface area (TPSA) is 73.3 Å². The molecule has 0 spiro atoms. The molecule has 3 aromatic rings. The van der Waals surface area contributed by atoms with Crippen molar-refractivity contribution in [1.82, 2.24) is 15.3 Å². The van der Waals surface area contributed by atoms with Crippen LogP contribution in [0, 0.1) is 0 Å². The standard InChI is InChI=1S/C20H21N3O3S/c24-19(9-12-25-17-5-2-1-3-6-17)22-11-8-16-15-27-20(23-16)14-26-18-7-4-10-21-13-18/h1-7,10,13,15H,8-9,11-12,14H2,(H,22,24). The summed E-state index contributed by atoms with van der Waals surface area (Å²) in [4.78, 5) is 20.4.